The first-order valence-corrected chi connectivity index (χ1v) is 7.66. The Morgan fingerprint density at radius 1 is 1.47 bits per heavy atom. The standard InChI is InChI=1S/C14H20N2O2S/c1-2-19-13-8-4-3-7-12(13)16-14(17)15-10-11-6-5-9-18-11/h3-4,7-8,11H,2,5-6,9-10H2,1H3,(H2,15,16,17)/t11-/m1/s1. The van der Waals surface area contributed by atoms with Crippen molar-refractivity contribution in [2.24, 2.45) is 0 Å². The van der Waals surface area contributed by atoms with Gasteiger partial charge in [0.15, 0.2) is 0 Å². The van der Waals surface area contributed by atoms with E-state index in [-0.39, 0.29) is 12.1 Å². The Morgan fingerprint density at radius 3 is 3.05 bits per heavy atom. The van der Waals surface area contributed by atoms with Crippen molar-refractivity contribution < 1.29 is 9.53 Å². The predicted molar refractivity (Wildman–Crippen MR) is 78.8 cm³/mol. The lowest BCUT2D eigenvalue weighted by Crippen LogP contribution is -2.35. The molecule has 1 saturated heterocycles. The zero-order valence-electron chi connectivity index (χ0n) is 11.1. The van der Waals surface area contributed by atoms with Crippen LogP contribution in [0.2, 0.25) is 0 Å². The van der Waals surface area contributed by atoms with Gasteiger partial charge in [-0.2, -0.15) is 0 Å². The number of benzene rings is 1. The zero-order valence-corrected chi connectivity index (χ0v) is 12.0. The van der Waals surface area contributed by atoms with Gasteiger partial charge in [0.05, 0.1) is 11.8 Å². The highest BCUT2D eigenvalue weighted by atomic mass is 32.2. The number of carbonyl (C=O) groups excluding carboxylic acids is 1. The van der Waals surface area contributed by atoms with Crippen molar-refractivity contribution in [1.82, 2.24) is 5.32 Å². The molecule has 2 N–H and O–H groups in total. The zero-order chi connectivity index (χ0) is 13.5. The SMILES string of the molecule is CCSc1ccccc1NC(=O)NC[C@H]1CCCO1. The molecule has 104 valence electrons. The van der Waals surface area contributed by atoms with Crippen molar-refractivity contribution in [3.8, 4) is 0 Å². The van der Waals surface area contributed by atoms with E-state index in [2.05, 4.69) is 17.6 Å². The van der Waals surface area contributed by atoms with E-state index < -0.39 is 0 Å². The van der Waals surface area contributed by atoms with Gasteiger partial charge in [-0.05, 0) is 30.7 Å². The lowest BCUT2D eigenvalue weighted by molar-refractivity contribution is 0.112. The second-order valence-corrected chi connectivity index (χ2v) is 5.71. The van der Waals surface area contributed by atoms with Crippen molar-refractivity contribution in [2.45, 2.75) is 30.8 Å². The molecule has 1 atom stereocenters. The monoisotopic (exact) mass is 280 g/mol. The van der Waals surface area contributed by atoms with Crippen LogP contribution in [0.15, 0.2) is 29.2 Å². The van der Waals surface area contributed by atoms with Crippen molar-refractivity contribution >= 4 is 23.5 Å². The molecule has 2 rings (SSSR count). The number of carbonyl (C=O) groups is 1. The number of urea groups is 1. The predicted octanol–water partition coefficient (Wildman–Crippen LogP) is 3.10. The Hall–Kier alpha value is -1.20. The number of thioether (sulfide) groups is 1. The third-order valence-electron chi connectivity index (χ3n) is 2.95. The molecule has 1 aromatic carbocycles. The first-order chi connectivity index (χ1) is 9.29. The summed E-state index contributed by atoms with van der Waals surface area (Å²) in [7, 11) is 0. The van der Waals surface area contributed by atoms with Crippen LogP contribution in [0.5, 0.6) is 0 Å². The maximum absolute atomic E-state index is 11.8. The van der Waals surface area contributed by atoms with Crippen LogP contribution in [0.25, 0.3) is 0 Å². The highest BCUT2D eigenvalue weighted by Crippen LogP contribution is 2.26. The number of hydrogen-bond donors (Lipinski definition) is 2. The van der Waals surface area contributed by atoms with Crippen molar-refractivity contribution in [3.05, 3.63) is 24.3 Å². The molecule has 1 aromatic rings. The summed E-state index contributed by atoms with van der Waals surface area (Å²) in [6, 6.07) is 7.68. The van der Waals surface area contributed by atoms with Crippen LogP contribution in [0.3, 0.4) is 0 Å². The molecule has 1 aliphatic heterocycles. The number of ether oxygens (including phenoxy) is 1. The van der Waals surface area contributed by atoms with E-state index in [9.17, 15) is 4.79 Å². The van der Waals surface area contributed by atoms with Crippen LogP contribution in [-0.4, -0.2) is 31.0 Å². The van der Waals surface area contributed by atoms with Crippen LogP contribution in [0.4, 0.5) is 10.5 Å². The minimum absolute atomic E-state index is 0.167. The normalized spacial score (nSPS) is 18.3. The van der Waals surface area contributed by atoms with Gasteiger partial charge in [-0.3, -0.25) is 0 Å². The summed E-state index contributed by atoms with van der Waals surface area (Å²) in [4.78, 5) is 12.9. The molecule has 0 aliphatic carbocycles. The molecular formula is C14H20N2O2S. The van der Waals surface area contributed by atoms with Crippen molar-refractivity contribution in [2.75, 3.05) is 24.2 Å². The fourth-order valence-electron chi connectivity index (χ4n) is 2.03. The van der Waals surface area contributed by atoms with Gasteiger partial charge in [0, 0.05) is 18.0 Å². The Kier molecular flexibility index (Phi) is 5.54. The maximum atomic E-state index is 11.8. The maximum Gasteiger partial charge on any atom is 0.319 e. The molecule has 1 fully saturated rings. The largest absolute Gasteiger partial charge is 0.376 e. The molecule has 19 heavy (non-hydrogen) atoms. The number of amides is 2. The molecule has 1 aliphatic rings. The molecular weight excluding hydrogens is 260 g/mol. The highest BCUT2D eigenvalue weighted by Gasteiger charge is 2.16. The second kappa shape index (κ2) is 7.40. The first kappa shape index (κ1) is 14.2. The summed E-state index contributed by atoms with van der Waals surface area (Å²) in [6.07, 6.45) is 2.29. The van der Waals surface area contributed by atoms with Crippen molar-refractivity contribution in [1.29, 1.82) is 0 Å². The molecule has 0 spiro atoms. The van der Waals surface area contributed by atoms with E-state index in [0.717, 1.165) is 35.8 Å². The summed E-state index contributed by atoms with van der Waals surface area (Å²) >= 11 is 1.72. The van der Waals surface area contributed by atoms with Gasteiger partial charge in [-0.15, -0.1) is 11.8 Å². The van der Waals surface area contributed by atoms with E-state index in [0.29, 0.717) is 6.54 Å². The van der Waals surface area contributed by atoms with Gasteiger partial charge in [-0.1, -0.05) is 19.1 Å². The number of anilines is 1. The van der Waals surface area contributed by atoms with Gasteiger partial charge < -0.3 is 15.4 Å². The Morgan fingerprint density at radius 2 is 2.32 bits per heavy atom. The minimum atomic E-state index is -0.167. The van der Waals surface area contributed by atoms with Gasteiger partial charge in [-0.25, -0.2) is 4.79 Å². The topological polar surface area (TPSA) is 50.4 Å². The molecule has 0 radical (unpaired) electrons. The van der Waals surface area contributed by atoms with Gasteiger partial charge in [0.2, 0.25) is 0 Å². The fourth-order valence-corrected chi connectivity index (χ4v) is 2.79. The van der Waals surface area contributed by atoms with Crippen molar-refractivity contribution in [3.63, 3.8) is 0 Å². The van der Waals surface area contributed by atoms with Gasteiger partial charge in [0.1, 0.15) is 0 Å². The van der Waals surface area contributed by atoms with Gasteiger partial charge >= 0.3 is 6.03 Å². The lowest BCUT2D eigenvalue weighted by Gasteiger charge is -2.13. The minimum Gasteiger partial charge on any atom is -0.376 e. The molecule has 5 heteroatoms. The summed E-state index contributed by atoms with van der Waals surface area (Å²) in [5, 5.41) is 5.75. The number of hydrogen-bond acceptors (Lipinski definition) is 3. The molecule has 4 nitrogen and oxygen atoms in total. The smallest absolute Gasteiger partial charge is 0.319 e. The van der Waals surface area contributed by atoms with E-state index in [1.54, 1.807) is 11.8 Å². The Bertz CT molecular complexity index is 420. The highest BCUT2D eigenvalue weighted by molar-refractivity contribution is 7.99. The summed E-state index contributed by atoms with van der Waals surface area (Å²) < 4.78 is 5.47. The summed E-state index contributed by atoms with van der Waals surface area (Å²) in [5.74, 6) is 0.982. The average molecular weight is 280 g/mol. The average Bonchev–Trinajstić information content (AvgIpc) is 2.92. The number of nitrogens with one attached hydrogen (secondary N) is 2. The molecule has 0 aromatic heterocycles. The van der Waals surface area contributed by atoms with Crippen LogP contribution < -0.4 is 10.6 Å². The van der Waals surface area contributed by atoms with Crippen LogP contribution in [0.1, 0.15) is 19.8 Å². The van der Waals surface area contributed by atoms with E-state index in [1.165, 1.54) is 0 Å². The molecule has 0 saturated carbocycles. The Labute approximate surface area is 118 Å². The Balaban J connectivity index is 1.83. The van der Waals surface area contributed by atoms with E-state index in [1.807, 2.05) is 24.3 Å². The van der Waals surface area contributed by atoms with Crippen LogP contribution >= 0.6 is 11.8 Å². The van der Waals surface area contributed by atoms with Gasteiger partial charge in [0.25, 0.3) is 0 Å². The van der Waals surface area contributed by atoms with Crippen LogP contribution in [-0.2, 0) is 4.74 Å². The van der Waals surface area contributed by atoms with E-state index in [4.69, 9.17) is 4.74 Å². The van der Waals surface area contributed by atoms with Crippen LogP contribution in [0, 0.1) is 0 Å². The second-order valence-electron chi connectivity index (χ2n) is 4.40. The molecule has 1 heterocycles. The summed E-state index contributed by atoms with van der Waals surface area (Å²) in [5.41, 5.74) is 0.860. The quantitative estimate of drug-likeness (QED) is 0.815. The third kappa shape index (κ3) is 4.44. The number of para-hydroxylation sites is 1. The lowest BCUT2D eigenvalue weighted by atomic mass is 10.2. The molecule has 0 unspecified atom stereocenters. The number of rotatable bonds is 5. The molecule has 0 bridgehead atoms. The van der Waals surface area contributed by atoms with E-state index >= 15 is 0 Å². The third-order valence-corrected chi connectivity index (χ3v) is 3.91. The fraction of sp³-hybridized carbons (Fsp3) is 0.500. The molecule has 2 amide bonds. The first-order valence-electron chi connectivity index (χ1n) is 6.68. The summed E-state index contributed by atoms with van der Waals surface area (Å²) in [6.45, 7) is 3.48.